The van der Waals surface area contributed by atoms with Gasteiger partial charge in [-0.3, -0.25) is 4.79 Å². The van der Waals surface area contributed by atoms with Crippen LogP contribution in [0.2, 0.25) is 5.02 Å². The first kappa shape index (κ1) is 19.3. The van der Waals surface area contributed by atoms with Crippen LogP contribution < -0.4 is 5.32 Å². The molecule has 1 saturated heterocycles. The number of sulfonamides is 1. The van der Waals surface area contributed by atoms with Gasteiger partial charge in [0, 0.05) is 41.6 Å². The standard InChI is InChI=1S/C16H18ClN3O4S2/c17-13-3-1-12(2-4-13)16(21)18-11-14-5-6-15(25-14)26(23,24)20-9-7-19(22)8-10-20/h1-6,22H,7-11H2,(H,18,21). The van der Waals surface area contributed by atoms with Crippen molar-refractivity contribution in [1.82, 2.24) is 14.7 Å². The maximum atomic E-state index is 12.6. The van der Waals surface area contributed by atoms with Gasteiger partial charge in [0.2, 0.25) is 0 Å². The third-order valence-electron chi connectivity index (χ3n) is 3.98. The predicted molar refractivity (Wildman–Crippen MR) is 99.1 cm³/mol. The number of hydrogen-bond acceptors (Lipinski definition) is 6. The molecule has 2 heterocycles. The summed E-state index contributed by atoms with van der Waals surface area (Å²) in [5, 5.41) is 13.8. The summed E-state index contributed by atoms with van der Waals surface area (Å²) in [6.07, 6.45) is 0. The second-order valence-electron chi connectivity index (χ2n) is 5.77. The molecule has 0 bridgehead atoms. The van der Waals surface area contributed by atoms with E-state index in [1.165, 1.54) is 4.31 Å². The Morgan fingerprint density at radius 1 is 1.12 bits per heavy atom. The summed E-state index contributed by atoms with van der Waals surface area (Å²) in [6.45, 7) is 1.31. The lowest BCUT2D eigenvalue weighted by Gasteiger charge is -2.29. The van der Waals surface area contributed by atoms with Gasteiger partial charge in [-0.25, -0.2) is 8.42 Å². The zero-order chi connectivity index (χ0) is 18.7. The molecule has 0 aliphatic carbocycles. The average Bonchev–Trinajstić information content (AvgIpc) is 3.10. The van der Waals surface area contributed by atoms with E-state index in [0.29, 0.717) is 10.6 Å². The molecule has 7 nitrogen and oxygen atoms in total. The minimum absolute atomic E-state index is 0.236. The highest BCUT2D eigenvalue weighted by Gasteiger charge is 2.29. The number of thiophene rings is 1. The van der Waals surface area contributed by atoms with Crippen molar-refractivity contribution in [3.05, 3.63) is 51.9 Å². The number of amides is 1. The van der Waals surface area contributed by atoms with Gasteiger partial charge < -0.3 is 10.5 Å². The maximum absolute atomic E-state index is 12.6. The smallest absolute Gasteiger partial charge is 0.252 e. The molecule has 0 unspecified atom stereocenters. The lowest BCUT2D eigenvalue weighted by Crippen LogP contribution is -2.47. The second kappa shape index (κ2) is 8.03. The Hall–Kier alpha value is -1.49. The molecular weight excluding hydrogens is 398 g/mol. The Bertz CT molecular complexity index is 875. The number of hydroxylamine groups is 2. The van der Waals surface area contributed by atoms with E-state index in [9.17, 15) is 18.4 Å². The van der Waals surface area contributed by atoms with Crippen molar-refractivity contribution in [2.24, 2.45) is 0 Å². The first-order valence-corrected chi connectivity index (χ1v) is 10.6. The third-order valence-corrected chi connectivity index (χ3v) is 7.68. The molecule has 2 N–H and O–H groups in total. The zero-order valence-electron chi connectivity index (χ0n) is 13.8. The molecule has 1 aromatic heterocycles. The van der Waals surface area contributed by atoms with Gasteiger partial charge in [0.1, 0.15) is 4.21 Å². The summed E-state index contributed by atoms with van der Waals surface area (Å²) in [7, 11) is -3.57. The third kappa shape index (κ3) is 4.43. The molecule has 0 radical (unpaired) electrons. The van der Waals surface area contributed by atoms with Gasteiger partial charge in [0.05, 0.1) is 6.54 Å². The minimum Gasteiger partial charge on any atom is -0.347 e. The molecule has 1 amide bonds. The quantitative estimate of drug-likeness (QED) is 0.779. The molecule has 10 heteroatoms. The van der Waals surface area contributed by atoms with Crippen LogP contribution in [-0.2, 0) is 16.6 Å². The van der Waals surface area contributed by atoms with Crippen molar-refractivity contribution < 1.29 is 18.4 Å². The van der Waals surface area contributed by atoms with Crippen molar-refractivity contribution in [3.63, 3.8) is 0 Å². The van der Waals surface area contributed by atoms with Crippen LogP contribution in [0.1, 0.15) is 15.2 Å². The van der Waals surface area contributed by atoms with Gasteiger partial charge in [-0.05, 0) is 36.4 Å². The number of piperazine rings is 1. The Balaban J connectivity index is 1.62. The Morgan fingerprint density at radius 3 is 2.42 bits per heavy atom. The van der Waals surface area contributed by atoms with Gasteiger partial charge >= 0.3 is 0 Å². The van der Waals surface area contributed by atoms with E-state index in [2.05, 4.69) is 5.32 Å². The number of nitrogens with zero attached hydrogens (tertiary/aromatic N) is 2. The normalized spacial score (nSPS) is 16.5. The summed E-state index contributed by atoms with van der Waals surface area (Å²) in [6, 6.07) is 9.78. The molecule has 0 spiro atoms. The van der Waals surface area contributed by atoms with Crippen molar-refractivity contribution in [2.45, 2.75) is 10.8 Å². The summed E-state index contributed by atoms with van der Waals surface area (Å²) >= 11 is 6.93. The summed E-state index contributed by atoms with van der Waals surface area (Å²) in [5.74, 6) is -0.251. The fourth-order valence-electron chi connectivity index (χ4n) is 2.51. The molecule has 1 aliphatic rings. The van der Waals surface area contributed by atoms with Gasteiger partial charge in [-0.2, -0.15) is 9.37 Å². The molecule has 1 aromatic carbocycles. The Morgan fingerprint density at radius 2 is 1.77 bits per heavy atom. The number of carbonyl (C=O) groups is 1. The second-order valence-corrected chi connectivity index (χ2v) is 9.54. The molecule has 2 aromatic rings. The first-order valence-electron chi connectivity index (χ1n) is 7.93. The molecule has 3 rings (SSSR count). The highest BCUT2D eigenvalue weighted by atomic mass is 35.5. The lowest BCUT2D eigenvalue weighted by molar-refractivity contribution is -0.108. The van der Waals surface area contributed by atoms with Crippen LogP contribution >= 0.6 is 22.9 Å². The highest BCUT2D eigenvalue weighted by Crippen LogP contribution is 2.25. The number of benzene rings is 1. The number of halogens is 1. The van der Waals surface area contributed by atoms with Crippen molar-refractivity contribution in [2.75, 3.05) is 26.2 Å². The first-order chi connectivity index (χ1) is 12.4. The Kier molecular flexibility index (Phi) is 5.96. The number of rotatable bonds is 5. The monoisotopic (exact) mass is 415 g/mol. The summed E-state index contributed by atoms with van der Waals surface area (Å²) < 4.78 is 26.9. The topological polar surface area (TPSA) is 90.0 Å². The largest absolute Gasteiger partial charge is 0.347 e. The molecule has 1 fully saturated rings. The molecule has 1 aliphatic heterocycles. The Labute approximate surface area is 160 Å². The fraction of sp³-hybridized carbons (Fsp3) is 0.312. The van der Waals surface area contributed by atoms with Crippen LogP contribution in [0.3, 0.4) is 0 Å². The van der Waals surface area contributed by atoms with Crippen LogP contribution in [0, 0.1) is 0 Å². The number of nitrogens with one attached hydrogen (secondary N) is 1. The SMILES string of the molecule is O=C(NCc1ccc(S(=O)(=O)N2CCN(O)CC2)s1)c1ccc(Cl)cc1. The van der Waals surface area contributed by atoms with E-state index < -0.39 is 10.0 Å². The van der Waals surface area contributed by atoms with Gasteiger partial charge in [-0.15, -0.1) is 11.3 Å². The summed E-state index contributed by atoms with van der Waals surface area (Å²) in [4.78, 5) is 12.8. The van der Waals surface area contributed by atoms with E-state index >= 15 is 0 Å². The van der Waals surface area contributed by atoms with Crippen molar-refractivity contribution in [3.8, 4) is 0 Å². The van der Waals surface area contributed by atoms with Crippen molar-refractivity contribution >= 4 is 38.9 Å². The molecule has 140 valence electrons. The van der Waals surface area contributed by atoms with Crippen LogP contribution in [0.15, 0.2) is 40.6 Å². The molecule has 0 atom stereocenters. The fourth-order valence-corrected chi connectivity index (χ4v) is 5.51. The lowest BCUT2D eigenvalue weighted by atomic mass is 10.2. The zero-order valence-corrected chi connectivity index (χ0v) is 16.1. The minimum atomic E-state index is -3.57. The van der Waals surface area contributed by atoms with Crippen LogP contribution in [0.4, 0.5) is 0 Å². The van der Waals surface area contributed by atoms with E-state index in [-0.39, 0.29) is 42.8 Å². The highest BCUT2D eigenvalue weighted by molar-refractivity contribution is 7.91. The number of hydrogen-bond donors (Lipinski definition) is 2. The van der Waals surface area contributed by atoms with E-state index in [4.69, 9.17) is 11.6 Å². The van der Waals surface area contributed by atoms with Crippen LogP contribution in [-0.4, -0.2) is 55.1 Å². The number of carbonyl (C=O) groups excluding carboxylic acids is 1. The van der Waals surface area contributed by atoms with Crippen LogP contribution in [0.5, 0.6) is 0 Å². The van der Waals surface area contributed by atoms with E-state index in [0.717, 1.165) is 21.3 Å². The van der Waals surface area contributed by atoms with Crippen molar-refractivity contribution in [1.29, 1.82) is 0 Å². The van der Waals surface area contributed by atoms with E-state index in [1.807, 2.05) is 0 Å². The van der Waals surface area contributed by atoms with Gasteiger partial charge in [0.25, 0.3) is 15.9 Å². The molecular formula is C16H18ClN3O4S2. The van der Waals surface area contributed by atoms with Gasteiger partial charge in [0.15, 0.2) is 0 Å². The van der Waals surface area contributed by atoms with Gasteiger partial charge in [-0.1, -0.05) is 11.6 Å². The summed E-state index contributed by atoms with van der Waals surface area (Å²) in [5.41, 5.74) is 0.487. The molecule has 26 heavy (non-hydrogen) atoms. The molecule has 0 saturated carbocycles. The maximum Gasteiger partial charge on any atom is 0.252 e. The van der Waals surface area contributed by atoms with Crippen LogP contribution in [0.25, 0.3) is 0 Å². The average molecular weight is 416 g/mol. The van der Waals surface area contributed by atoms with E-state index in [1.54, 1.807) is 36.4 Å². The predicted octanol–water partition coefficient (Wildman–Crippen LogP) is 2.03.